The van der Waals surface area contributed by atoms with Gasteiger partial charge in [-0.2, -0.15) is 0 Å². The van der Waals surface area contributed by atoms with Crippen LogP contribution in [-0.2, 0) is 0 Å². The van der Waals surface area contributed by atoms with Crippen molar-refractivity contribution >= 4 is 28.5 Å². The third-order valence-electron chi connectivity index (χ3n) is 2.80. The third-order valence-corrected chi connectivity index (χ3v) is 2.80. The predicted molar refractivity (Wildman–Crippen MR) is 74.0 cm³/mol. The number of carboxylic acids is 1. The number of aromatic carboxylic acids is 1. The second-order valence-electron chi connectivity index (χ2n) is 4.10. The van der Waals surface area contributed by atoms with Gasteiger partial charge in [0.1, 0.15) is 12.1 Å². The molecule has 0 saturated carbocycles. The van der Waals surface area contributed by atoms with Crippen molar-refractivity contribution in [2.24, 2.45) is 0 Å². The molecule has 98 valence electrons. The van der Waals surface area contributed by atoms with E-state index in [0.29, 0.717) is 11.5 Å². The summed E-state index contributed by atoms with van der Waals surface area (Å²) in [5.41, 5.74) is 1.59. The molecule has 0 amide bonds. The molecular weight excluding hydrogens is 256 g/mol. The highest BCUT2D eigenvalue weighted by Crippen LogP contribution is 2.21. The number of nitrogens with zero attached hydrogens (tertiary/aromatic N) is 3. The summed E-state index contributed by atoms with van der Waals surface area (Å²) >= 11 is 0. The SMILES string of the molecule is O=C(O)c1ccc(Nc2ncnc3ncccc23)cc1. The van der Waals surface area contributed by atoms with E-state index in [1.165, 1.54) is 18.5 Å². The Morgan fingerprint density at radius 2 is 1.85 bits per heavy atom. The maximum absolute atomic E-state index is 10.8. The van der Waals surface area contributed by atoms with E-state index in [1.807, 2.05) is 12.1 Å². The lowest BCUT2D eigenvalue weighted by atomic mass is 10.2. The van der Waals surface area contributed by atoms with Gasteiger partial charge >= 0.3 is 5.97 Å². The van der Waals surface area contributed by atoms with Crippen molar-refractivity contribution in [1.82, 2.24) is 15.0 Å². The molecule has 6 nitrogen and oxygen atoms in total. The Hall–Kier alpha value is -3.02. The molecule has 1 aromatic carbocycles. The Morgan fingerprint density at radius 1 is 1.05 bits per heavy atom. The molecule has 0 aliphatic rings. The smallest absolute Gasteiger partial charge is 0.335 e. The van der Waals surface area contributed by atoms with Gasteiger partial charge in [0.25, 0.3) is 0 Å². The number of carboxylic acid groups (broad SMARTS) is 1. The lowest BCUT2D eigenvalue weighted by Gasteiger charge is -2.07. The second kappa shape index (κ2) is 4.93. The van der Waals surface area contributed by atoms with Crippen LogP contribution in [0.4, 0.5) is 11.5 Å². The van der Waals surface area contributed by atoms with Gasteiger partial charge in [0, 0.05) is 11.9 Å². The zero-order chi connectivity index (χ0) is 13.9. The molecule has 2 N–H and O–H groups in total. The van der Waals surface area contributed by atoms with E-state index in [2.05, 4.69) is 20.3 Å². The lowest BCUT2D eigenvalue weighted by Crippen LogP contribution is -1.99. The maximum Gasteiger partial charge on any atom is 0.335 e. The van der Waals surface area contributed by atoms with Gasteiger partial charge in [0.2, 0.25) is 0 Å². The van der Waals surface area contributed by atoms with Crippen LogP contribution in [0.3, 0.4) is 0 Å². The van der Waals surface area contributed by atoms with Crippen molar-refractivity contribution in [3.63, 3.8) is 0 Å². The second-order valence-corrected chi connectivity index (χ2v) is 4.10. The van der Waals surface area contributed by atoms with Crippen LogP contribution in [0.1, 0.15) is 10.4 Å². The molecule has 0 atom stereocenters. The van der Waals surface area contributed by atoms with Crippen LogP contribution in [0.2, 0.25) is 0 Å². The molecule has 20 heavy (non-hydrogen) atoms. The molecule has 6 heteroatoms. The Labute approximate surface area is 114 Å². The first-order valence-corrected chi connectivity index (χ1v) is 5.90. The highest BCUT2D eigenvalue weighted by atomic mass is 16.4. The van der Waals surface area contributed by atoms with Crippen molar-refractivity contribution in [3.05, 3.63) is 54.5 Å². The lowest BCUT2D eigenvalue weighted by molar-refractivity contribution is 0.0697. The van der Waals surface area contributed by atoms with Gasteiger partial charge in [-0.05, 0) is 36.4 Å². The quantitative estimate of drug-likeness (QED) is 0.757. The number of hydrogen-bond acceptors (Lipinski definition) is 5. The van der Waals surface area contributed by atoms with Crippen LogP contribution >= 0.6 is 0 Å². The Kier molecular flexibility index (Phi) is 2.96. The molecule has 3 aromatic rings. The number of pyridine rings is 1. The number of anilines is 2. The van der Waals surface area contributed by atoms with Crippen LogP contribution < -0.4 is 5.32 Å². The molecule has 0 fully saturated rings. The molecule has 3 rings (SSSR count). The minimum atomic E-state index is -0.951. The largest absolute Gasteiger partial charge is 0.478 e. The fourth-order valence-corrected chi connectivity index (χ4v) is 1.83. The van der Waals surface area contributed by atoms with Gasteiger partial charge < -0.3 is 10.4 Å². The Bertz CT molecular complexity index is 766. The zero-order valence-electron chi connectivity index (χ0n) is 10.3. The van der Waals surface area contributed by atoms with Crippen LogP contribution in [0.5, 0.6) is 0 Å². The number of rotatable bonds is 3. The molecule has 0 radical (unpaired) electrons. The summed E-state index contributed by atoms with van der Waals surface area (Å²) in [7, 11) is 0. The van der Waals surface area contributed by atoms with Gasteiger partial charge in [-0.1, -0.05) is 0 Å². The van der Waals surface area contributed by atoms with E-state index in [0.717, 1.165) is 11.1 Å². The summed E-state index contributed by atoms with van der Waals surface area (Å²) in [6.07, 6.45) is 3.10. The zero-order valence-corrected chi connectivity index (χ0v) is 10.3. The van der Waals surface area contributed by atoms with E-state index in [9.17, 15) is 4.79 Å². The Morgan fingerprint density at radius 3 is 2.60 bits per heavy atom. The van der Waals surface area contributed by atoms with Gasteiger partial charge in [0.05, 0.1) is 10.9 Å². The fourth-order valence-electron chi connectivity index (χ4n) is 1.83. The predicted octanol–water partition coefficient (Wildman–Crippen LogP) is 2.47. The molecule has 0 spiro atoms. The van der Waals surface area contributed by atoms with Crippen molar-refractivity contribution in [2.75, 3.05) is 5.32 Å². The van der Waals surface area contributed by atoms with Gasteiger partial charge in [-0.15, -0.1) is 0 Å². The van der Waals surface area contributed by atoms with E-state index < -0.39 is 5.97 Å². The first kappa shape index (κ1) is 12.0. The normalized spacial score (nSPS) is 10.4. The van der Waals surface area contributed by atoms with E-state index in [1.54, 1.807) is 18.3 Å². The number of nitrogens with one attached hydrogen (secondary N) is 1. The van der Waals surface area contributed by atoms with Gasteiger partial charge in [-0.25, -0.2) is 19.7 Å². The summed E-state index contributed by atoms with van der Waals surface area (Å²) in [4.78, 5) is 23.2. The van der Waals surface area contributed by atoms with E-state index in [-0.39, 0.29) is 5.56 Å². The minimum Gasteiger partial charge on any atom is -0.478 e. The molecule has 0 aliphatic heterocycles. The molecule has 2 heterocycles. The maximum atomic E-state index is 10.8. The monoisotopic (exact) mass is 266 g/mol. The number of fused-ring (bicyclic) bond motifs is 1. The molecule has 0 saturated heterocycles. The molecule has 2 aromatic heterocycles. The third kappa shape index (κ3) is 2.26. The number of hydrogen-bond donors (Lipinski definition) is 2. The first-order valence-electron chi connectivity index (χ1n) is 5.90. The van der Waals surface area contributed by atoms with Crippen molar-refractivity contribution in [3.8, 4) is 0 Å². The average Bonchev–Trinajstić information content (AvgIpc) is 2.48. The van der Waals surface area contributed by atoms with Crippen molar-refractivity contribution < 1.29 is 9.90 Å². The molecule has 0 unspecified atom stereocenters. The molecular formula is C14H10N4O2. The highest BCUT2D eigenvalue weighted by molar-refractivity contribution is 5.90. The van der Waals surface area contributed by atoms with Gasteiger partial charge in [0.15, 0.2) is 5.65 Å². The number of aromatic nitrogens is 3. The van der Waals surface area contributed by atoms with Gasteiger partial charge in [-0.3, -0.25) is 0 Å². The fraction of sp³-hybridized carbons (Fsp3) is 0. The van der Waals surface area contributed by atoms with Crippen molar-refractivity contribution in [1.29, 1.82) is 0 Å². The summed E-state index contributed by atoms with van der Waals surface area (Å²) in [6, 6.07) is 10.1. The van der Waals surface area contributed by atoms with E-state index >= 15 is 0 Å². The Balaban J connectivity index is 1.95. The number of benzene rings is 1. The van der Waals surface area contributed by atoms with Crippen LogP contribution in [0.25, 0.3) is 11.0 Å². The molecule has 0 bridgehead atoms. The van der Waals surface area contributed by atoms with Crippen LogP contribution in [-0.4, -0.2) is 26.0 Å². The van der Waals surface area contributed by atoms with Crippen molar-refractivity contribution in [2.45, 2.75) is 0 Å². The number of carbonyl (C=O) groups is 1. The average molecular weight is 266 g/mol. The van der Waals surface area contributed by atoms with Crippen LogP contribution in [0.15, 0.2) is 48.9 Å². The summed E-state index contributed by atoms with van der Waals surface area (Å²) in [5, 5.41) is 12.8. The summed E-state index contributed by atoms with van der Waals surface area (Å²) < 4.78 is 0. The summed E-state index contributed by atoms with van der Waals surface area (Å²) in [5.74, 6) is -0.320. The molecule has 0 aliphatic carbocycles. The standard InChI is InChI=1S/C14H10N4O2/c19-14(20)9-3-5-10(6-4-9)18-13-11-2-1-7-15-12(11)16-8-17-13/h1-8H,(H,19,20)(H,15,16,17,18). The first-order chi connectivity index (χ1) is 9.74. The minimum absolute atomic E-state index is 0.241. The highest BCUT2D eigenvalue weighted by Gasteiger charge is 2.05. The van der Waals surface area contributed by atoms with E-state index in [4.69, 9.17) is 5.11 Å². The topological polar surface area (TPSA) is 88.0 Å². The van der Waals surface area contributed by atoms with Crippen LogP contribution in [0, 0.1) is 0 Å². The summed E-state index contributed by atoms with van der Waals surface area (Å²) in [6.45, 7) is 0.